The summed E-state index contributed by atoms with van der Waals surface area (Å²) in [5.74, 6) is 0.991. The summed E-state index contributed by atoms with van der Waals surface area (Å²) in [5.41, 5.74) is 0.621. The molecule has 0 bridgehead atoms. The number of hydrogen-bond acceptors (Lipinski definition) is 3. The molecule has 1 aliphatic rings. The fraction of sp³-hybridized carbons (Fsp3) is 0.207. The van der Waals surface area contributed by atoms with Crippen LogP contribution in [-0.2, 0) is 4.52 Å². The second-order valence-corrected chi connectivity index (χ2v) is 10.8. The van der Waals surface area contributed by atoms with E-state index in [-0.39, 0.29) is 6.04 Å². The van der Waals surface area contributed by atoms with E-state index in [4.69, 9.17) is 9.52 Å². The van der Waals surface area contributed by atoms with Gasteiger partial charge in [0, 0.05) is 22.5 Å². The zero-order valence-corrected chi connectivity index (χ0v) is 20.2. The molecule has 4 aromatic rings. The van der Waals surface area contributed by atoms with Crippen molar-refractivity contribution in [2.45, 2.75) is 32.4 Å². The highest BCUT2D eigenvalue weighted by Gasteiger charge is 2.39. The van der Waals surface area contributed by atoms with Crippen molar-refractivity contribution in [3.63, 3.8) is 0 Å². The third-order valence-electron chi connectivity index (χ3n) is 5.94. The topological polar surface area (TPSA) is 24.8 Å². The van der Waals surface area contributed by atoms with Gasteiger partial charge in [-0.15, -0.1) is 0 Å². The number of amidine groups is 1. The van der Waals surface area contributed by atoms with Crippen LogP contribution in [0, 0.1) is 0 Å². The summed E-state index contributed by atoms with van der Waals surface area (Å²) < 4.78 is 7.00. The van der Waals surface area contributed by atoms with Crippen molar-refractivity contribution in [1.82, 2.24) is 0 Å². The van der Waals surface area contributed by atoms with Crippen LogP contribution in [-0.4, -0.2) is 24.0 Å². The predicted molar refractivity (Wildman–Crippen MR) is 142 cm³/mol. The van der Waals surface area contributed by atoms with Gasteiger partial charge in [0.25, 0.3) is 0 Å². The van der Waals surface area contributed by atoms with E-state index >= 15 is 0 Å². The Kier molecular flexibility index (Phi) is 6.01. The molecule has 0 aliphatic carbocycles. The molecule has 0 N–H and O–H groups in total. The van der Waals surface area contributed by atoms with Gasteiger partial charge < -0.3 is 9.42 Å². The molecule has 0 saturated heterocycles. The molecule has 4 heteroatoms. The first-order chi connectivity index (χ1) is 16.0. The molecular weight excluding hydrogens is 423 g/mol. The first-order valence-corrected chi connectivity index (χ1v) is 12.7. The summed E-state index contributed by atoms with van der Waals surface area (Å²) in [5, 5.41) is 4.89. The van der Waals surface area contributed by atoms with E-state index in [9.17, 15) is 0 Å². The van der Waals surface area contributed by atoms with E-state index in [2.05, 4.69) is 129 Å². The lowest BCUT2D eigenvalue weighted by Gasteiger charge is -2.35. The number of aliphatic imine (C=N–C) groups is 1. The van der Waals surface area contributed by atoms with Gasteiger partial charge in [-0.2, -0.15) is 0 Å². The third kappa shape index (κ3) is 4.44. The van der Waals surface area contributed by atoms with Gasteiger partial charge in [-0.05, 0) is 32.2 Å². The van der Waals surface area contributed by atoms with Crippen LogP contribution < -0.4 is 15.5 Å². The number of hydrogen-bond donors (Lipinski definition) is 0. The summed E-state index contributed by atoms with van der Waals surface area (Å²) in [6, 6.07) is 36.4. The minimum atomic E-state index is -0.999. The lowest BCUT2D eigenvalue weighted by atomic mass is 10.0. The highest BCUT2D eigenvalue weighted by molar-refractivity contribution is 7.68. The fourth-order valence-electron chi connectivity index (χ4n) is 4.46. The highest BCUT2D eigenvalue weighted by Crippen LogP contribution is 2.42. The molecule has 0 fully saturated rings. The van der Waals surface area contributed by atoms with E-state index in [1.165, 1.54) is 27.1 Å². The van der Waals surface area contributed by atoms with E-state index in [0.717, 1.165) is 12.4 Å². The first-order valence-electron chi connectivity index (χ1n) is 11.5. The van der Waals surface area contributed by atoms with Gasteiger partial charge in [-0.3, -0.25) is 4.99 Å². The maximum absolute atomic E-state index is 7.00. The van der Waals surface area contributed by atoms with Gasteiger partial charge in [0.2, 0.25) is 0 Å². The van der Waals surface area contributed by atoms with Crippen LogP contribution in [0.25, 0.3) is 10.8 Å². The van der Waals surface area contributed by atoms with E-state index < -0.39 is 13.7 Å². The summed E-state index contributed by atoms with van der Waals surface area (Å²) >= 11 is 0. The summed E-state index contributed by atoms with van der Waals surface area (Å²) in [6.45, 7) is 7.34. The van der Waals surface area contributed by atoms with Gasteiger partial charge >= 0.3 is 0 Å². The number of benzene rings is 4. The van der Waals surface area contributed by atoms with Crippen LogP contribution >= 0.6 is 8.15 Å². The second kappa shape index (κ2) is 9.09. The Morgan fingerprint density at radius 1 is 0.788 bits per heavy atom. The van der Waals surface area contributed by atoms with Crippen molar-refractivity contribution in [1.29, 1.82) is 0 Å². The molecule has 0 radical (unpaired) electrons. The summed E-state index contributed by atoms with van der Waals surface area (Å²) in [4.78, 5) is 7.45. The molecular formula is C29H29N2OP. The van der Waals surface area contributed by atoms with Crippen molar-refractivity contribution in [3.8, 4) is 0 Å². The molecule has 0 spiro atoms. The predicted octanol–water partition coefficient (Wildman–Crippen LogP) is 6.29. The van der Waals surface area contributed by atoms with Gasteiger partial charge in [0.1, 0.15) is 11.4 Å². The fourth-order valence-corrected chi connectivity index (χ4v) is 6.39. The van der Waals surface area contributed by atoms with Crippen LogP contribution in [0.4, 0.5) is 5.69 Å². The Bertz CT molecular complexity index is 1230. The molecule has 0 aromatic heterocycles. The Morgan fingerprint density at radius 2 is 1.36 bits per heavy atom. The summed E-state index contributed by atoms with van der Waals surface area (Å²) in [6.07, 6.45) is 0. The number of anilines is 1. The molecule has 0 saturated carbocycles. The molecule has 0 amide bonds. The lowest BCUT2D eigenvalue weighted by molar-refractivity contribution is 0.210. The molecule has 33 heavy (non-hydrogen) atoms. The standard InChI is InChI=1S/C29H29N2OP/c1-22-21-31(27-20-12-14-23-13-10-11-19-26(23)27)28(30-22)29(2,3)32-33(24-15-6-4-7-16-24)25-17-8-5-9-18-25/h4-20,22H,21H2,1-3H3/t22-/m0/s1. The molecule has 4 aromatic carbocycles. The Hall–Kier alpha value is -3.00. The molecule has 3 nitrogen and oxygen atoms in total. The smallest absolute Gasteiger partial charge is 0.136 e. The summed E-state index contributed by atoms with van der Waals surface area (Å²) in [7, 11) is -0.999. The van der Waals surface area contributed by atoms with Crippen molar-refractivity contribution < 1.29 is 4.52 Å². The van der Waals surface area contributed by atoms with Gasteiger partial charge in [-0.1, -0.05) is 97.1 Å². The Labute approximate surface area is 197 Å². The molecule has 1 aliphatic heterocycles. The van der Waals surface area contributed by atoms with Gasteiger partial charge in [0.05, 0.1) is 19.9 Å². The van der Waals surface area contributed by atoms with Crippen LogP contribution in [0.3, 0.4) is 0 Å². The maximum Gasteiger partial charge on any atom is 0.136 e. The Balaban J connectivity index is 1.54. The van der Waals surface area contributed by atoms with Gasteiger partial charge in [0.15, 0.2) is 0 Å². The van der Waals surface area contributed by atoms with Crippen molar-refractivity contribution in [2.24, 2.45) is 4.99 Å². The van der Waals surface area contributed by atoms with Crippen LogP contribution in [0.2, 0.25) is 0 Å². The van der Waals surface area contributed by atoms with E-state index in [1.54, 1.807) is 0 Å². The monoisotopic (exact) mass is 452 g/mol. The maximum atomic E-state index is 7.00. The van der Waals surface area contributed by atoms with E-state index in [0.29, 0.717) is 0 Å². The van der Waals surface area contributed by atoms with Crippen molar-refractivity contribution in [2.75, 3.05) is 11.4 Å². The zero-order valence-electron chi connectivity index (χ0n) is 19.3. The quantitative estimate of drug-likeness (QED) is 0.321. The van der Waals surface area contributed by atoms with E-state index in [1.807, 2.05) is 0 Å². The second-order valence-electron chi connectivity index (χ2n) is 8.98. The van der Waals surface area contributed by atoms with Crippen LogP contribution in [0.1, 0.15) is 20.8 Å². The van der Waals surface area contributed by atoms with Gasteiger partial charge in [-0.25, -0.2) is 0 Å². The van der Waals surface area contributed by atoms with Crippen LogP contribution in [0.5, 0.6) is 0 Å². The highest BCUT2D eigenvalue weighted by atomic mass is 31.1. The molecule has 5 rings (SSSR count). The molecule has 0 unspecified atom stereocenters. The number of rotatable bonds is 6. The lowest BCUT2D eigenvalue weighted by Crippen LogP contribution is -2.45. The first kappa shape index (κ1) is 21.8. The minimum absolute atomic E-state index is 0.210. The number of fused-ring (bicyclic) bond motifs is 1. The Morgan fingerprint density at radius 3 is 2.03 bits per heavy atom. The number of nitrogens with zero attached hydrogens (tertiary/aromatic N) is 2. The third-order valence-corrected chi connectivity index (χ3v) is 8.12. The average Bonchev–Trinajstić information content (AvgIpc) is 3.26. The normalized spacial score (nSPS) is 16.4. The minimum Gasteiger partial charge on any atom is -0.336 e. The zero-order chi connectivity index (χ0) is 22.8. The average molecular weight is 453 g/mol. The van der Waals surface area contributed by atoms with Crippen LogP contribution in [0.15, 0.2) is 108 Å². The van der Waals surface area contributed by atoms with Crippen molar-refractivity contribution in [3.05, 3.63) is 103 Å². The molecule has 1 atom stereocenters. The van der Waals surface area contributed by atoms with Crippen molar-refractivity contribution >= 4 is 41.1 Å². The molecule has 1 heterocycles. The molecule has 166 valence electrons. The largest absolute Gasteiger partial charge is 0.336 e. The SMILES string of the molecule is C[C@H]1CN(c2cccc3ccccc23)C(C(C)(C)OP(c2ccccc2)c2ccccc2)=N1.